The molecule has 0 fully saturated rings. The first-order valence-electron chi connectivity index (χ1n) is 5.69. The third-order valence-corrected chi connectivity index (χ3v) is 2.25. The van der Waals surface area contributed by atoms with Crippen molar-refractivity contribution in [2.45, 2.75) is 20.8 Å². The molecule has 104 valence electrons. The predicted molar refractivity (Wildman–Crippen MR) is 65.1 cm³/mol. The number of rotatable bonds is 4. The SMILES string of the molecule is CCOC=C1C(OC(C)=O)=C(NC(C)=O)C(=O)N1C. The third kappa shape index (κ3) is 3.34. The van der Waals surface area contributed by atoms with E-state index in [4.69, 9.17) is 9.47 Å². The number of esters is 1. The number of hydrogen-bond acceptors (Lipinski definition) is 5. The van der Waals surface area contributed by atoms with E-state index in [9.17, 15) is 14.4 Å². The van der Waals surface area contributed by atoms with Crippen LogP contribution in [0.15, 0.2) is 23.4 Å². The Labute approximate surface area is 110 Å². The highest BCUT2D eigenvalue weighted by Crippen LogP contribution is 2.27. The zero-order valence-corrected chi connectivity index (χ0v) is 11.3. The van der Waals surface area contributed by atoms with Gasteiger partial charge in [-0.2, -0.15) is 0 Å². The van der Waals surface area contributed by atoms with Crippen molar-refractivity contribution in [1.29, 1.82) is 0 Å². The highest BCUT2D eigenvalue weighted by molar-refractivity contribution is 6.02. The Bertz CT molecular complexity index is 479. The van der Waals surface area contributed by atoms with Gasteiger partial charge < -0.3 is 19.7 Å². The molecule has 1 aliphatic rings. The Morgan fingerprint density at radius 1 is 1.37 bits per heavy atom. The molecule has 1 rings (SSSR count). The van der Waals surface area contributed by atoms with Crippen LogP contribution in [0.2, 0.25) is 0 Å². The molecule has 0 aliphatic carbocycles. The van der Waals surface area contributed by atoms with Crippen molar-refractivity contribution in [3.8, 4) is 0 Å². The Kier molecular flexibility index (Phi) is 4.68. The van der Waals surface area contributed by atoms with Crippen molar-refractivity contribution in [1.82, 2.24) is 10.2 Å². The molecule has 0 unspecified atom stereocenters. The fraction of sp³-hybridized carbons (Fsp3) is 0.417. The van der Waals surface area contributed by atoms with E-state index in [0.717, 1.165) is 0 Å². The molecule has 0 aromatic rings. The lowest BCUT2D eigenvalue weighted by Gasteiger charge is -2.12. The Morgan fingerprint density at radius 2 is 2.00 bits per heavy atom. The Balaban J connectivity index is 3.22. The number of hydrogen-bond donors (Lipinski definition) is 1. The van der Waals surface area contributed by atoms with Crippen molar-refractivity contribution in [3.63, 3.8) is 0 Å². The first-order chi connectivity index (χ1) is 8.88. The van der Waals surface area contributed by atoms with Crippen LogP contribution < -0.4 is 5.32 Å². The molecule has 0 atom stereocenters. The van der Waals surface area contributed by atoms with E-state index in [2.05, 4.69) is 5.32 Å². The standard InChI is InChI=1S/C12H16N2O5/c1-5-18-6-9-11(19-8(3)16)10(13-7(2)15)12(17)14(9)4/h6H,5H2,1-4H3,(H,13,15). The number of carbonyl (C=O) groups is 3. The minimum absolute atomic E-state index is 0.0105. The van der Waals surface area contributed by atoms with Gasteiger partial charge in [-0.15, -0.1) is 0 Å². The fourth-order valence-corrected chi connectivity index (χ4v) is 1.48. The minimum Gasteiger partial charge on any atom is -0.499 e. The maximum absolute atomic E-state index is 12.0. The second-order valence-corrected chi connectivity index (χ2v) is 3.80. The van der Waals surface area contributed by atoms with E-state index < -0.39 is 17.8 Å². The molecule has 19 heavy (non-hydrogen) atoms. The lowest BCUT2D eigenvalue weighted by molar-refractivity contribution is -0.136. The van der Waals surface area contributed by atoms with E-state index >= 15 is 0 Å². The molecule has 0 aromatic heterocycles. The molecule has 2 amide bonds. The van der Waals surface area contributed by atoms with E-state index in [0.29, 0.717) is 6.61 Å². The van der Waals surface area contributed by atoms with Crippen LogP contribution in [0.1, 0.15) is 20.8 Å². The summed E-state index contributed by atoms with van der Waals surface area (Å²) in [5.41, 5.74) is 0.210. The van der Waals surface area contributed by atoms with Crippen LogP contribution in [0.4, 0.5) is 0 Å². The predicted octanol–water partition coefficient (Wildman–Crippen LogP) is 0.247. The first kappa shape index (κ1) is 14.7. The van der Waals surface area contributed by atoms with Crippen molar-refractivity contribution in [2.75, 3.05) is 13.7 Å². The summed E-state index contributed by atoms with van der Waals surface area (Å²) in [5, 5.41) is 2.36. The van der Waals surface area contributed by atoms with Crippen molar-refractivity contribution in [2.24, 2.45) is 0 Å². The zero-order valence-electron chi connectivity index (χ0n) is 11.3. The van der Waals surface area contributed by atoms with Gasteiger partial charge in [0.15, 0.2) is 11.5 Å². The molecular weight excluding hydrogens is 252 g/mol. The molecule has 0 spiro atoms. The molecule has 7 heteroatoms. The molecule has 0 radical (unpaired) electrons. The number of amides is 2. The van der Waals surface area contributed by atoms with Gasteiger partial charge in [0.1, 0.15) is 12.0 Å². The Hall–Kier alpha value is -2.31. The zero-order chi connectivity index (χ0) is 14.6. The second-order valence-electron chi connectivity index (χ2n) is 3.80. The lowest BCUT2D eigenvalue weighted by atomic mass is 10.3. The van der Waals surface area contributed by atoms with E-state index in [1.54, 1.807) is 6.92 Å². The monoisotopic (exact) mass is 268 g/mol. The molecule has 1 aliphatic heterocycles. The molecule has 0 bridgehead atoms. The van der Waals surface area contributed by atoms with Gasteiger partial charge in [0.2, 0.25) is 5.91 Å². The normalized spacial score (nSPS) is 16.9. The first-order valence-corrected chi connectivity index (χ1v) is 5.69. The number of nitrogens with zero attached hydrogens (tertiary/aromatic N) is 1. The summed E-state index contributed by atoms with van der Waals surface area (Å²) >= 11 is 0. The van der Waals surface area contributed by atoms with Crippen LogP contribution in [0, 0.1) is 0 Å². The van der Waals surface area contributed by atoms with Crippen LogP contribution in [-0.4, -0.2) is 36.3 Å². The molecule has 1 N–H and O–H groups in total. The van der Waals surface area contributed by atoms with Crippen molar-refractivity contribution < 1.29 is 23.9 Å². The van der Waals surface area contributed by atoms with Gasteiger partial charge in [-0.25, -0.2) is 0 Å². The van der Waals surface area contributed by atoms with E-state index in [-0.39, 0.29) is 17.2 Å². The highest BCUT2D eigenvalue weighted by Gasteiger charge is 2.36. The Morgan fingerprint density at radius 3 is 2.47 bits per heavy atom. The maximum Gasteiger partial charge on any atom is 0.308 e. The number of ether oxygens (including phenoxy) is 2. The average Bonchev–Trinajstić information content (AvgIpc) is 2.51. The summed E-state index contributed by atoms with van der Waals surface area (Å²) in [6, 6.07) is 0. The van der Waals surface area contributed by atoms with Gasteiger partial charge in [0, 0.05) is 20.9 Å². The summed E-state index contributed by atoms with van der Waals surface area (Å²) in [6.07, 6.45) is 1.31. The summed E-state index contributed by atoms with van der Waals surface area (Å²) in [4.78, 5) is 35.4. The van der Waals surface area contributed by atoms with Gasteiger partial charge in [-0.05, 0) is 6.92 Å². The molecular formula is C12H16N2O5. The molecule has 7 nitrogen and oxygen atoms in total. The van der Waals surface area contributed by atoms with Crippen LogP contribution in [-0.2, 0) is 23.9 Å². The quantitative estimate of drug-likeness (QED) is 0.583. The number of nitrogens with one attached hydrogen (secondary N) is 1. The van der Waals surface area contributed by atoms with Crippen LogP contribution in [0.3, 0.4) is 0 Å². The largest absolute Gasteiger partial charge is 0.499 e. The van der Waals surface area contributed by atoms with Crippen molar-refractivity contribution in [3.05, 3.63) is 23.4 Å². The fourth-order valence-electron chi connectivity index (χ4n) is 1.48. The summed E-state index contributed by atoms with van der Waals surface area (Å²) in [6.45, 7) is 4.64. The molecule has 1 heterocycles. The smallest absolute Gasteiger partial charge is 0.308 e. The molecule has 0 saturated heterocycles. The number of carbonyl (C=O) groups excluding carboxylic acids is 3. The second kappa shape index (κ2) is 6.03. The van der Waals surface area contributed by atoms with Gasteiger partial charge in [0.25, 0.3) is 5.91 Å². The minimum atomic E-state index is -0.594. The van der Waals surface area contributed by atoms with Crippen molar-refractivity contribution >= 4 is 17.8 Å². The van der Waals surface area contributed by atoms with Crippen LogP contribution in [0.5, 0.6) is 0 Å². The summed E-state index contributed by atoms with van der Waals surface area (Å²) in [5.74, 6) is -1.51. The van der Waals surface area contributed by atoms with E-state index in [1.165, 1.54) is 32.1 Å². The van der Waals surface area contributed by atoms with Gasteiger partial charge in [-0.3, -0.25) is 14.4 Å². The van der Waals surface area contributed by atoms with Gasteiger partial charge >= 0.3 is 5.97 Å². The third-order valence-electron chi connectivity index (χ3n) is 2.25. The van der Waals surface area contributed by atoms with Gasteiger partial charge in [-0.1, -0.05) is 0 Å². The van der Waals surface area contributed by atoms with E-state index in [1.807, 2.05) is 0 Å². The molecule has 0 saturated carbocycles. The maximum atomic E-state index is 12.0. The van der Waals surface area contributed by atoms with Gasteiger partial charge in [0.05, 0.1) is 6.61 Å². The molecule has 0 aromatic carbocycles. The summed E-state index contributed by atoms with van der Waals surface area (Å²) < 4.78 is 10.1. The summed E-state index contributed by atoms with van der Waals surface area (Å²) in [7, 11) is 1.49. The lowest BCUT2D eigenvalue weighted by Crippen LogP contribution is -2.29. The van der Waals surface area contributed by atoms with Crippen LogP contribution in [0.25, 0.3) is 0 Å². The average molecular weight is 268 g/mol. The topological polar surface area (TPSA) is 84.9 Å². The van der Waals surface area contributed by atoms with Crippen LogP contribution >= 0.6 is 0 Å². The highest BCUT2D eigenvalue weighted by atomic mass is 16.5. The number of likely N-dealkylation sites (N-methyl/N-ethyl adjacent to an activating group) is 1.